The van der Waals surface area contributed by atoms with Crippen LogP contribution in [-0.4, -0.2) is 112 Å². The van der Waals surface area contributed by atoms with Crippen LogP contribution in [0.1, 0.15) is 12.8 Å². The molecule has 0 aliphatic heterocycles. The number of carboxylic acid groups (broad SMARTS) is 4. The highest BCUT2D eigenvalue weighted by atomic mass is 32.2. The molecular weight excluding hydrogens is 606 g/mol. The maximum Gasteiger partial charge on any atom is 0.469 e. The highest BCUT2D eigenvalue weighted by Crippen LogP contribution is 2.35. The number of hydrogen-bond donors (Lipinski definition) is 13. The summed E-state index contributed by atoms with van der Waals surface area (Å²) in [4.78, 5) is 79.7. The summed E-state index contributed by atoms with van der Waals surface area (Å²) in [5.41, 5.74) is 20.4. The third kappa shape index (κ3) is 41.8. The lowest BCUT2D eigenvalue weighted by atomic mass is 10.2. The lowest BCUT2D eigenvalue weighted by molar-refractivity contribution is -0.214. The Morgan fingerprint density at radius 1 is 0.763 bits per heavy atom. The van der Waals surface area contributed by atoms with Crippen molar-refractivity contribution in [2.24, 2.45) is 22.9 Å². The van der Waals surface area contributed by atoms with Crippen molar-refractivity contribution >= 4 is 63.9 Å². The number of aliphatic carboxylic acids is 4. The third-order valence-electron chi connectivity index (χ3n) is 3.02. The summed E-state index contributed by atoms with van der Waals surface area (Å²) >= 11 is 4.94. The van der Waals surface area contributed by atoms with E-state index in [4.69, 9.17) is 72.4 Å². The Hall–Kier alpha value is -1.36. The van der Waals surface area contributed by atoms with Crippen LogP contribution >= 0.6 is 40.0 Å². The molecule has 0 aromatic heterocycles. The van der Waals surface area contributed by atoms with Crippen LogP contribution in [0.15, 0.2) is 0 Å². The Balaban J connectivity index is -0.000000218. The number of carbonyl (C=O) groups is 4. The number of phosphoric ester groups is 1. The van der Waals surface area contributed by atoms with Gasteiger partial charge in [-0.1, -0.05) is 0 Å². The fourth-order valence-electron chi connectivity index (χ4n) is 1.12. The summed E-state index contributed by atoms with van der Waals surface area (Å²) in [7, 11) is -9.39. The Labute approximate surface area is 225 Å². The maximum absolute atomic E-state index is 10.3. The zero-order chi connectivity index (χ0) is 31.3. The van der Waals surface area contributed by atoms with Crippen molar-refractivity contribution in [1.29, 1.82) is 0 Å². The molecule has 4 atom stereocenters. The van der Waals surface area contributed by atoms with Gasteiger partial charge in [0, 0.05) is 11.5 Å². The standard InChI is InChI=1S/C7H14N2O4S.C4H10NO6P.C3H7NO2S.H3O4P/c8-4(6(10)11)1-2-14-3-5(9)7(12)13;5-3(4(6)7)1-2-11-12(8,9)10;4-2(1-7)3(5)6;1-5(2,3)4/h4-5H,1-3,8-9H2,(H,10,11)(H,12,13);3H,1-2,5H2,(H,6,7)(H2,8,9,10);2,7H,1,4H2,(H,5,6);(H3,1,2,3,4)/p-1/t;3-;2-;/m.00./s1. The Morgan fingerprint density at radius 2 is 1.11 bits per heavy atom. The van der Waals surface area contributed by atoms with Gasteiger partial charge < -0.3 is 67.8 Å². The molecule has 0 bridgehead atoms. The lowest BCUT2D eigenvalue weighted by Gasteiger charge is -2.07. The molecule has 0 amide bonds. The second-order valence-electron chi connectivity index (χ2n) is 6.43. The molecule has 2 unspecified atom stereocenters. The lowest BCUT2D eigenvalue weighted by Crippen LogP contribution is -2.33. The molecule has 24 heteroatoms. The number of carboxylic acids is 4. The van der Waals surface area contributed by atoms with Gasteiger partial charge >= 0.3 is 31.7 Å². The molecule has 0 aliphatic rings. The molecule has 0 saturated carbocycles. The number of rotatable bonds is 14. The van der Waals surface area contributed by atoms with Crippen LogP contribution < -0.4 is 27.8 Å². The van der Waals surface area contributed by atoms with Gasteiger partial charge in [0.2, 0.25) is 0 Å². The minimum atomic E-state index is -4.89. The maximum atomic E-state index is 10.3. The molecule has 0 saturated heterocycles. The van der Waals surface area contributed by atoms with Gasteiger partial charge in [-0.15, -0.1) is 0 Å². The van der Waals surface area contributed by atoms with Crippen LogP contribution in [0.5, 0.6) is 0 Å². The Morgan fingerprint density at radius 3 is 1.37 bits per heavy atom. The van der Waals surface area contributed by atoms with Crippen LogP contribution in [0.2, 0.25) is 0 Å². The smallest absolute Gasteiger partial charge is 0.469 e. The van der Waals surface area contributed by atoms with E-state index >= 15 is 0 Å². The molecular formula is C14H33N4O16P2S2-. The molecule has 0 radical (unpaired) electrons. The molecule has 0 aromatic carbocycles. The normalized spacial score (nSPS) is 13.9. The molecule has 0 aromatic rings. The van der Waals surface area contributed by atoms with Gasteiger partial charge in [-0.3, -0.25) is 28.3 Å². The molecule has 38 heavy (non-hydrogen) atoms. The Bertz CT molecular complexity index is 768. The number of phosphoric acid groups is 2. The quantitative estimate of drug-likeness (QED) is 0.0484. The fraction of sp³-hybridized carbons (Fsp3) is 0.714. The largest absolute Gasteiger partial charge is 0.756 e. The first-order valence-electron chi connectivity index (χ1n) is 9.54. The monoisotopic (exact) mass is 639 g/mol. The number of nitrogens with two attached hydrogens (primary N) is 4. The van der Waals surface area contributed by atoms with Gasteiger partial charge in [-0.05, 0) is 18.6 Å². The van der Waals surface area contributed by atoms with E-state index in [9.17, 15) is 23.7 Å². The zero-order valence-corrected chi connectivity index (χ0v) is 23.0. The summed E-state index contributed by atoms with van der Waals surface area (Å²) in [6, 6.07) is -3.76. The van der Waals surface area contributed by atoms with Gasteiger partial charge in [-0.25, -0.2) is 4.57 Å². The molecule has 20 nitrogen and oxygen atoms in total. The summed E-state index contributed by atoms with van der Waals surface area (Å²) in [6.45, 7) is -0.377. The molecule has 16 N–H and O–H groups in total. The number of hydrogen-bond acceptors (Lipinski definition) is 14. The van der Waals surface area contributed by atoms with Crippen molar-refractivity contribution in [3.8, 4) is 0 Å². The average Bonchev–Trinajstić information content (AvgIpc) is 2.74. The number of thioether (sulfide) groups is 1. The van der Waals surface area contributed by atoms with E-state index in [-0.39, 0.29) is 24.5 Å². The summed E-state index contributed by atoms with van der Waals surface area (Å²) in [5.74, 6) is -3.39. The second-order valence-corrected chi connectivity index (χ2v) is 10.2. The van der Waals surface area contributed by atoms with E-state index < -0.39 is 63.7 Å². The van der Waals surface area contributed by atoms with Crippen molar-refractivity contribution in [3.05, 3.63) is 0 Å². The minimum Gasteiger partial charge on any atom is -0.756 e. The molecule has 0 spiro atoms. The molecule has 228 valence electrons. The van der Waals surface area contributed by atoms with Crippen molar-refractivity contribution in [3.63, 3.8) is 0 Å². The van der Waals surface area contributed by atoms with Crippen molar-refractivity contribution in [2.45, 2.75) is 37.0 Å². The van der Waals surface area contributed by atoms with Crippen LogP contribution in [-0.2, 0) is 32.8 Å². The SMILES string of the molecule is NC(CCSCC(N)C(=O)O)C(=O)O.N[C@@H](CCOP(=O)(O)O)C(=O)O.N[C@@H](CS)C(=O)O.O=P([O-])(O)O. The minimum absolute atomic E-state index is 0.138. The molecule has 0 aliphatic carbocycles. The molecule has 0 heterocycles. The Kier molecular flexibility index (Phi) is 27.0. The summed E-state index contributed by atoms with van der Waals surface area (Å²) in [5, 5.41) is 33.1. The second kappa shape index (κ2) is 23.5. The van der Waals surface area contributed by atoms with Gasteiger partial charge in [0.1, 0.15) is 24.2 Å². The van der Waals surface area contributed by atoms with Crippen molar-refractivity contribution in [2.75, 3.05) is 23.9 Å². The van der Waals surface area contributed by atoms with E-state index in [0.29, 0.717) is 12.2 Å². The topological polar surface area (TPSA) is 401 Å². The van der Waals surface area contributed by atoms with Gasteiger partial charge in [0.15, 0.2) is 0 Å². The van der Waals surface area contributed by atoms with E-state index in [2.05, 4.69) is 17.2 Å². The molecule has 0 fully saturated rings. The van der Waals surface area contributed by atoms with Crippen molar-refractivity contribution < 1.29 is 77.7 Å². The van der Waals surface area contributed by atoms with Gasteiger partial charge in [0.25, 0.3) is 7.82 Å². The number of thiol groups is 1. The van der Waals surface area contributed by atoms with Gasteiger partial charge in [-0.2, -0.15) is 24.4 Å². The third-order valence-corrected chi connectivity index (χ3v) is 5.06. The van der Waals surface area contributed by atoms with E-state index in [1.165, 1.54) is 11.8 Å². The highest BCUT2D eigenvalue weighted by molar-refractivity contribution is 7.99. The van der Waals surface area contributed by atoms with Crippen LogP contribution in [0, 0.1) is 0 Å². The van der Waals surface area contributed by atoms with E-state index in [1.54, 1.807) is 0 Å². The first-order chi connectivity index (χ1) is 17.0. The first kappa shape index (κ1) is 43.7. The van der Waals surface area contributed by atoms with Crippen LogP contribution in [0.3, 0.4) is 0 Å². The zero-order valence-electron chi connectivity index (χ0n) is 19.5. The summed E-state index contributed by atoms with van der Waals surface area (Å²) < 4.78 is 22.8. The van der Waals surface area contributed by atoms with Crippen LogP contribution in [0.25, 0.3) is 0 Å². The summed E-state index contributed by atoms with van der Waals surface area (Å²) in [6.07, 6.45) is 0.173. The van der Waals surface area contributed by atoms with E-state index in [0.717, 1.165) is 0 Å². The predicted octanol–water partition coefficient (Wildman–Crippen LogP) is -4.40. The van der Waals surface area contributed by atoms with Crippen LogP contribution in [0.4, 0.5) is 0 Å². The average molecular weight is 640 g/mol. The van der Waals surface area contributed by atoms with E-state index in [1.807, 2.05) is 0 Å². The fourth-order valence-corrected chi connectivity index (χ4v) is 2.60. The first-order valence-corrected chi connectivity index (χ1v) is 14.4. The van der Waals surface area contributed by atoms with Gasteiger partial charge in [0.05, 0.1) is 6.61 Å². The molecule has 0 rings (SSSR count). The highest BCUT2D eigenvalue weighted by Gasteiger charge is 2.17. The predicted molar refractivity (Wildman–Crippen MR) is 133 cm³/mol. The van der Waals surface area contributed by atoms with Crippen molar-refractivity contribution in [1.82, 2.24) is 0 Å².